The van der Waals surface area contributed by atoms with Crippen LogP contribution in [0.25, 0.3) is 91.8 Å². The summed E-state index contributed by atoms with van der Waals surface area (Å²) in [6.45, 7) is 0. The molecular formula is C58H38N2S. The molecule has 2 heterocycles. The second-order valence-electron chi connectivity index (χ2n) is 15.8. The Bertz CT molecular complexity index is 3500. The number of para-hydroxylation sites is 1. The fourth-order valence-electron chi connectivity index (χ4n) is 9.24. The van der Waals surface area contributed by atoms with Crippen LogP contribution in [0.15, 0.2) is 231 Å². The second kappa shape index (κ2) is 14.5. The third-order valence-electron chi connectivity index (χ3n) is 12.1. The SMILES string of the molecule is c1ccc(-c2cccc(N(c3ccc(-c4cc(-n5c6ccccc6c6cc7ccccc7cc65)cc5c4sc4ccccc45)cc3)c3cccc(-c4ccccc4)c3)c2)cc1. The molecule has 286 valence electrons. The van der Waals surface area contributed by atoms with Crippen LogP contribution < -0.4 is 4.90 Å². The van der Waals surface area contributed by atoms with Gasteiger partial charge in [-0.15, -0.1) is 11.3 Å². The molecule has 0 bridgehead atoms. The van der Waals surface area contributed by atoms with E-state index in [0.29, 0.717) is 0 Å². The minimum Gasteiger partial charge on any atom is -0.310 e. The van der Waals surface area contributed by atoms with Crippen molar-refractivity contribution in [3.8, 4) is 39.1 Å². The quantitative estimate of drug-likeness (QED) is 0.156. The van der Waals surface area contributed by atoms with Crippen molar-refractivity contribution in [3.63, 3.8) is 0 Å². The summed E-state index contributed by atoms with van der Waals surface area (Å²) in [5.41, 5.74) is 14.1. The first kappa shape index (κ1) is 35.2. The zero-order valence-corrected chi connectivity index (χ0v) is 34.1. The normalized spacial score (nSPS) is 11.6. The number of nitrogens with zero attached hydrogens (tertiary/aromatic N) is 2. The second-order valence-corrected chi connectivity index (χ2v) is 16.8. The number of rotatable bonds is 7. The summed E-state index contributed by atoms with van der Waals surface area (Å²) in [4.78, 5) is 2.39. The summed E-state index contributed by atoms with van der Waals surface area (Å²) in [6, 6.07) is 84.2. The van der Waals surface area contributed by atoms with E-state index in [-0.39, 0.29) is 0 Å². The van der Waals surface area contributed by atoms with E-state index < -0.39 is 0 Å². The van der Waals surface area contributed by atoms with Gasteiger partial charge in [0, 0.05) is 59.3 Å². The van der Waals surface area contributed by atoms with Crippen LogP contribution in [0.1, 0.15) is 0 Å². The molecule has 2 aromatic heterocycles. The Hall–Kier alpha value is -7.72. The van der Waals surface area contributed by atoms with Gasteiger partial charge in [-0.25, -0.2) is 0 Å². The molecule has 0 radical (unpaired) electrons. The largest absolute Gasteiger partial charge is 0.310 e. The van der Waals surface area contributed by atoms with E-state index in [0.717, 1.165) is 22.7 Å². The van der Waals surface area contributed by atoms with Crippen molar-refractivity contribution in [2.45, 2.75) is 0 Å². The van der Waals surface area contributed by atoms with E-state index >= 15 is 0 Å². The highest BCUT2D eigenvalue weighted by molar-refractivity contribution is 7.26. The zero-order valence-electron chi connectivity index (χ0n) is 33.2. The lowest BCUT2D eigenvalue weighted by atomic mass is 10.00. The van der Waals surface area contributed by atoms with Crippen molar-refractivity contribution in [3.05, 3.63) is 231 Å². The van der Waals surface area contributed by atoms with Gasteiger partial charge < -0.3 is 9.47 Å². The molecular weight excluding hydrogens is 757 g/mol. The highest BCUT2D eigenvalue weighted by Crippen LogP contribution is 2.45. The van der Waals surface area contributed by atoms with Crippen molar-refractivity contribution in [2.75, 3.05) is 4.90 Å². The molecule has 0 atom stereocenters. The van der Waals surface area contributed by atoms with Crippen molar-refractivity contribution in [1.29, 1.82) is 0 Å². The molecule has 0 fully saturated rings. The third kappa shape index (κ3) is 6.09. The predicted octanol–water partition coefficient (Wildman–Crippen LogP) is 16.8. The van der Waals surface area contributed by atoms with Gasteiger partial charge in [-0.05, 0) is 111 Å². The number of aromatic nitrogens is 1. The van der Waals surface area contributed by atoms with Crippen molar-refractivity contribution in [1.82, 2.24) is 4.57 Å². The van der Waals surface area contributed by atoms with E-state index in [1.807, 2.05) is 11.3 Å². The lowest BCUT2D eigenvalue weighted by molar-refractivity contribution is 1.19. The first-order chi connectivity index (χ1) is 30.2. The van der Waals surface area contributed by atoms with Gasteiger partial charge in [0.1, 0.15) is 0 Å². The molecule has 61 heavy (non-hydrogen) atoms. The fraction of sp³-hybridized carbons (Fsp3) is 0. The Morgan fingerprint density at radius 1 is 0.328 bits per heavy atom. The van der Waals surface area contributed by atoms with E-state index in [4.69, 9.17) is 0 Å². The summed E-state index contributed by atoms with van der Waals surface area (Å²) in [7, 11) is 0. The average Bonchev–Trinajstić information content (AvgIpc) is 3.87. The number of fused-ring (bicyclic) bond motifs is 7. The van der Waals surface area contributed by atoms with E-state index in [2.05, 4.69) is 240 Å². The minimum atomic E-state index is 1.09. The highest BCUT2D eigenvalue weighted by Gasteiger charge is 2.20. The van der Waals surface area contributed by atoms with Gasteiger partial charge in [0.05, 0.1) is 11.0 Å². The van der Waals surface area contributed by atoms with Crippen molar-refractivity contribution in [2.24, 2.45) is 0 Å². The lowest BCUT2D eigenvalue weighted by Gasteiger charge is -2.27. The molecule has 0 aliphatic rings. The van der Waals surface area contributed by atoms with E-state index in [1.54, 1.807) is 0 Å². The molecule has 10 aromatic carbocycles. The molecule has 0 spiro atoms. The molecule has 0 saturated heterocycles. The number of anilines is 3. The summed E-state index contributed by atoms with van der Waals surface area (Å²) >= 11 is 1.88. The number of benzene rings is 10. The van der Waals surface area contributed by atoms with Crippen LogP contribution in [0.4, 0.5) is 17.1 Å². The van der Waals surface area contributed by atoms with Gasteiger partial charge >= 0.3 is 0 Å². The molecule has 0 aliphatic carbocycles. The Morgan fingerprint density at radius 3 is 1.59 bits per heavy atom. The average molecular weight is 795 g/mol. The molecule has 0 saturated carbocycles. The van der Waals surface area contributed by atoms with Gasteiger partial charge in [-0.3, -0.25) is 0 Å². The number of hydrogen-bond donors (Lipinski definition) is 0. The van der Waals surface area contributed by atoms with Gasteiger partial charge in [-0.2, -0.15) is 0 Å². The Labute approximate surface area is 358 Å². The first-order valence-electron chi connectivity index (χ1n) is 20.8. The van der Waals surface area contributed by atoms with Gasteiger partial charge in [0.2, 0.25) is 0 Å². The molecule has 3 heteroatoms. The zero-order chi connectivity index (χ0) is 40.3. The molecule has 0 aliphatic heterocycles. The molecule has 12 rings (SSSR count). The van der Waals surface area contributed by atoms with Crippen LogP contribution in [0, 0.1) is 0 Å². The first-order valence-corrected chi connectivity index (χ1v) is 21.6. The number of hydrogen-bond acceptors (Lipinski definition) is 2. The fourth-order valence-corrected chi connectivity index (χ4v) is 10.5. The van der Waals surface area contributed by atoms with Gasteiger partial charge in [0.15, 0.2) is 0 Å². The highest BCUT2D eigenvalue weighted by atomic mass is 32.1. The van der Waals surface area contributed by atoms with Crippen LogP contribution in [0.5, 0.6) is 0 Å². The molecule has 0 unspecified atom stereocenters. The Balaban J connectivity index is 1.05. The molecule has 2 nitrogen and oxygen atoms in total. The summed E-state index contributed by atoms with van der Waals surface area (Å²) in [6.07, 6.45) is 0. The molecule has 0 amide bonds. The van der Waals surface area contributed by atoms with E-state index in [9.17, 15) is 0 Å². The van der Waals surface area contributed by atoms with Crippen LogP contribution in [-0.4, -0.2) is 4.57 Å². The monoisotopic (exact) mass is 794 g/mol. The third-order valence-corrected chi connectivity index (χ3v) is 13.3. The molecule has 12 aromatic rings. The Kier molecular flexibility index (Phi) is 8.39. The minimum absolute atomic E-state index is 1.09. The van der Waals surface area contributed by atoms with Gasteiger partial charge in [-0.1, -0.05) is 158 Å². The summed E-state index contributed by atoms with van der Waals surface area (Å²) in [5.74, 6) is 0. The maximum absolute atomic E-state index is 2.47. The Morgan fingerprint density at radius 2 is 0.902 bits per heavy atom. The van der Waals surface area contributed by atoms with Gasteiger partial charge in [0.25, 0.3) is 0 Å². The van der Waals surface area contributed by atoms with Crippen LogP contribution in [0.3, 0.4) is 0 Å². The van der Waals surface area contributed by atoms with Crippen LogP contribution in [0.2, 0.25) is 0 Å². The topological polar surface area (TPSA) is 8.17 Å². The lowest BCUT2D eigenvalue weighted by Crippen LogP contribution is -2.10. The maximum Gasteiger partial charge on any atom is 0.0547 e. The van der Waals surface area contributed by atoms with Crippen molar-refractivity contribution >= 4 is 81.1 Å². The van der Waals surface area contributed by atoms with Crippen LogP contribution in [-0.2, 0) is 0 Å². The smallest absolute Gasteiger partial charge is 0.0547 e. The summed E-state index contributed by atoms with van der Waals surface area (Å²) in [5, 5.41) is 7.59. The summed E-state index contributed by atoms with van der Waals surface area (Å²) < 4.78 is 5.07. The standard InChI is InChI=1S/C58H38N2S/c1-3-15-39(16-4-1)42-21-13-23-47(33-42)59(48-24-14-22-43(34-48)40-17-5-2-6-18-40)46-31-29-41(30-32-46)52-37-49(38-54-51-26-10-12-28-57(51)61-58(52)54)60-55-27-11-9-25-50(55)53-35-44-19-7-8-20-45(44)36-56(53)60/h1-38H. The predicted molar refractivity (Wildman–Crippen MR) is 262 cm³/mol. The molecule has 0 N–H and O–H groups in total. The maximum atomic E-state index is 2.47. The van der Waals surface area contributed by atoms with E-state index in [1.165, 1.54) is 86.1 Å². The number of thiophene rings is 1. The van der Waals surface area contributed by atoms with Crippen molar-refractivity contribution < 1.29 is 0 Å². The van der Waals surface area contributed by atoms with Crippen LogP contribution >= 0.6 is 11.3 Å².